The third-order valence-electron chi connectivity index (χ3n) is 4.92. The zero-order valence-corrected chi connectivity index (χ0v) is 14.5. The van der Waals surface area contributed by atoms with Gasteiger partial charge in [-0.15, -0.1) is 0 Å². The van der Waals surface area contributed by atoms with Gasteiger partial charge in [-0.25, -0.2) is 0 Å². The first-order valence-corrected chi connectivity index (χ1v) is 8.58. The number of benzene rings is 2. The molecule has 0 aromatic heterocycles. The maximum atomic E-state index is 5.49. The van der Waals surface area contributed by atoms with E-state index < -0.39 is 0 Å². The second-order valence-electron chi connectivity index (χ2n) is 6.76. The summed E-state index contributed by atoms with van der Waals surface area (Å²) in [6, 6.07) is 15.6. The number of hydrogen-bond acceptors (Lipinski definition) is 2. The summed E-state index contributed by atoms with van der Waals surface area (Å²) in [6.07, 6.45) is 4.66. The maximum absolute atomic E-state index is 5.49. The van der Waals surface area contributed by atoms with Crippen molar-refractivity contribution in [2.24, 2.45) is 0 Å². The lowest BCUT2D eigenvalue weighted by molar-refractivity contribution is 0.389. The molecule has 2 aromatic rings. The quantitative estimate of drug-likeness (QED) is 0.818. The predicted molar refractivity (Wildman–Crippen MR) is 96.5 cm³/mol. The van der Waals surface area contributed by atoms with Crippen molar-refractivity contribution in [3.63, 3.8) is 0 Å². The molecular weight excluding hydrogens is 282 g/mol. The van der Waals surface area contributed by atoms with Gasteiger partial charge in [0.2, 0.25) is 0 Å². The zero-order valence-electron chi connectivity index (χ0n) is 14.5. The first kappa shape index (κ1) is 16.1. The van der Waals surface area contributed by atoms with Crippen molar-refractivity contribution in [2.75, 3.05) is 27.7 Å². The van der Waals surface area contributed by atoms with Crippen LogP contribution >= 0.6 is 0 Å². The number of aryl methyl sites for hydroxylation is 2. The lowest BCUT2D eigenvalue weighted by Gasteiger charge is -2.22. The Morgan fingerprint density at radius 2 is 1.74 bits per heavy atom. The minimum Gasteiger partial charge on any atom is -0.497 e. The molecule has 0 saturated heterocycles. The highest BCUT2D eigenvalue weighted by molar-refractivity contribution is 5.47. The summed E-state index contributed by atoms with van der Waals surface area (Å²) >= 11 is 0. The molecular formula is C21H27NO. The third-order valence-corrected chi connectivity index (χ3v) is 4.92. The van der Waals surface area contributed by atoms with E-state index in [1.165, 1.54) is 35.1 Å². The van der Waals surface area contributed by atoms with Gasteiger partial charge in [-0.3, -0.25) is 0 Å². The molecule has 0 bridgehead atoms. The third kappa shape index (κ3) is 3.59. The Labute approximate surface area is 140 Å². The van der Waals surface area contributed by atoms with Gasteiger partial charge in [-0.1, -0.05) is 30.3 Å². The Morgan fingerprint density at radius 3 is 2.48 bits per heavy atom. The van der Waals surface area contributed by atoms with E-state index in [1.54, 1.807) is 7.11 Å². The summed E-state index contributed by atoms with van der Waals surface area (Å²) in [5, 5.41) is 0. The SMILES string of the molecule is COc1ccc2c(c1)C(CCCN(C)C)c1ccccc1CC2. The standard InChI is InChI=1S/C21H27NO/c1-22(2)14-6-9-20-19-8-5-4-7-16(19)10-11-17-12-13-18(23-3)15-21(17)20/h4-5,7-8,12-13,15,20H,6,9-11,14H2,1-3H3. The van der Waals surface area contributed by atoms with Crippen LogP contribution < -0.4 is 4.74 Å². The monoisotopic (exact) mass is 309 g/mol. The van der Waals surface area contributed by atoms with Gasteiger partial charge in [0.15, 0.2) is 0 Å². The van der Waals surface area contributed by atoms with E-state index in [4.69, 9.17) is 4.74 Å². The van der Waals surface area contributed by atoms with E-state index in [1.807, 2.05) is 0 Å². The lowest BCUT2D eigenvalue weighted by atomic mass is 9.84. The highest BCUT2D eigenvalue weighted by atomic mass is 16.5. The molecule has 0 saturated carbocycles. The highest BCUT2D eigenvalue weighted by Gasteiger charge is 2.23. The van der Waals surface area contributed by atoms with Crippen LogP contribution in [0.4, 0.5) is 0 Å². The molecule has 0 N–H and O–H groups in total. The van der Waals surface area contributed by atoms with Crippen molar-refractivity contribution in [1.82, 2.24) is 4.90 Å². The van der Waals surface area contributed by atoms with Crippen LogP contribution in [0.1, 0.15) is 41.0 Å². The van der Waals surface area contributed by atoms with E-state index in [9.17, 15) is 0 Å². The fraction of sp³-hybridized carbons (Fsp3) is 0.429. The minimum atomic E-state index is 0.485. The van der Waals surface area contributed by atoms with Crippen molar-refractivity contribution in [3.05, 3.63) is 64.7 Å². The molecule has 0 fully saturated rings. The fourth-order valence-electron chi connectivity index (χ4n) is 3.71. The Bertz CT molecular complexity index is 663. The molecule has 1 unspecified atom stereocenters. The molecule has 0 amide bonds. The number of nitrogens with zero attached hydrogens (tertiary/aromatic N) is 1. The second-order valence-corrected chi connectivity index (χ2v) is 6.76. The molecule has 2 heteroatoms. The van der Waals surface area contributed by atoms with Crippen molar-refractivity contribution >= 4 is 0 Å². The summed E-state index contributed by atoms with van der Waals surface area (Å²) in [4.78, 5) is 2.27. The van der Waals surface area contributed by atoms with Crippen LogP contribution in [-0.2, 0) is 12.8 Å². The highest BCUT2D eigenvalue weighted by Crippen LogP contribution is 2.38. The summed E-state index contributed by atoms with van der Waals surface area (Å²) in [6.45, 7) is 1.14. The Hall–Kier alpha value is -1.80. The summed E-state index contributed by atoms with van der Waals surface area (Å²) in [5.74, 6) is 1.46. The van der Waals surface area contributed by atoms with Crippen LogP contribution in [0, 0.1) is 0 Å². The van der Waals surface area contributed by atoms with E-state index in [-0.39, 0.29) is 0 Å². The van der Waals surface area contributed by atoms with Gasteiger partial charge in [0, 0.05) is 5.92 Å². The first-order valence-electron chi connectivity index (χ1n) is 8.58. The van der Waals surface area contributed by atoms with Gasteiger partial charge in [0.1, 0.15) is 5.75 Å². The number of methoxy groups -OCH3 is 1. The van der Waals surface area contributed by atoms with Crippen molar-refractivity contribution < 1.29 is 4.74 Å². The van der Waals surface area contributed by atoms with Crippen LogP contribution in [-0.4, -0.2) is 32.6 Å². The molecule has 0 aliphatic heterocycles. The lowest BCUT2D eigenvalue weighted by Crippen LogP contribution is -2.14. The van der Waals surface area contributed by atoms with Crippen LogP contribution in [0.3, 0.4) is 0 Å². The molecule has 2 aromatic carbocycles. The van der Waals surface area contributed by atoms with Crippen LogP contribution in [0.15, 0.2) is 42.5 Å². The van der Waals surface area contributed by atoms with Crippen molar-refractivity contribution in [1.29, 1.82) is 0 Å². The van der Waals surface area contributed by atoms with E-state index >= 15 is 0 Å². The Kier molecular flexibility index (Phi) is 5.02. The second kappa shape index (κ2) is 7.18. The molecule has 1 atom stereocenters. The van der Waals surface area contributed by atoms with E-state index in [0.717, 1.165) is 25.1 Å². The number of rotatable bonds is 5. The Morgan fingerprint density at radius 1 is 1.00 bits per heavy atom. The topological polar surface area (TPSA) is 12.5 Å². The first-order chi connectivity index (χ1) is 11.2. The summed E-state index contributed by atoms with van der Waals surface area (Å²) < 4.78 is 5.49. The molecule has 0 spiro atoms. The fourth-order valence-corrected chi connectivity index (χ4v) is 3.71. The van der Waals surface area contributed by atoms with Gasteiger partial charge in [0.25, 0.3) is 0 Å². The molecule has 122 valence electrons. The molecule has 3 rings (SSSR count). The largest absolute Gasteiger partial charge is 0.497 e. The molecule has 23 heavy (non-hydrogen) atoms. The summed E-state index contributed by atoms with van der Waals surface area (Å²) in [7, 11) is 6.06. The van der Waals surface area contributed by atoms with Crippen LogP contribution in [0.25, 0.3) is 0 Å². The molecule has 0 heterocycles. The van der Waals surface area contributed by atoms with Gasteiger partial charge < -0.3 is 9.64 Å². The van der Waals surface area contributed by atoms with Crippen molar-refractivity contribution in [3.8, 4) is 5.75 Å². The zero-order chi connectivity index (χ0) is 16.2. The molecule has 0 radical (unpaired) electrons. The average molecular weight is 309 g/mol. The van der Waals surface area contributed by atoms with Gasteiger partial charge in [0.05, 0.1) is 7.11 Å². The minimum absolute atomic E-state index is 0.485. The van der Waals surface area contributed by atoms with Crippen LogP contribution in [0.5, 0.6) is 5.75 Å². The van der Waals surface area contributed by atoms with Crippen LogP contribution in [0.2, 0.25) is 0 Å². The van der Waals surface area contributed by atoms with E-state index in [0.29, 0.717) is 5.92 Å². The van der Waals surface area contributed by atoms with Gasteiger partial charge >= 0.3 is 0 Å². The van der Waals surface area contributed by atoms with Gasteiger partial charge in [-0.05, 0) is 80.7 Å². The normalized spacial score (nSPS) is 16.6. The predicted octanol–water partition coefficient (Wildman–Crippen LogP) is 4.27. The number of fused-ring (bicyclic) bond motifs is 2. The van der Waals surface area contributed by atoms with Crippen molar-refractivity contribution in [2.45, 2.75) is 31.6 Å². The smallest absolute Gasteiger partial charge is 0.119 e. The number of hydrogen-bond donors (Lipinski definition) is 0. The molecule has 1 aliphatic carbocycles. The Balaban J connectivity index is 1.99. The molecule has 2 nitrogen and oxygen atoms in total. The van der Waals surface area contributed by atoms with Gasteiger partial charge in [-0.2, -0.15) is 0 Å². The summed E-state index contributed by atoms with van der Waals surface area (Å²) in [5.41, 5.74) is 5.97. The maximum Gasteiger partial charge on any atom is 0.119 e. The van der Waals surface area contributed by atoms with E-state index in [2.05, 4.69) is 61.5 Å². The average Bonchev–Trinajstić information content (AvgIpc) is 2.71. The number of ether oxygens (including phenoxy) is 1. The molecule has 1 aliphatic rings.